The molecule has 17 heavy (non-hydrogen) atoms. The molecule has 0 aliphatic carbocycles. The summed E-state index contributed by atoms with van der Waals surface area (Å²) in [6.07, 6.45) is 3.85. The number of aliphatic hydroxyl groups is 1. The van der Waals surface area contributed by atoms with Gasteiger partial charge in [-0.25, -0.2) is 8.42 Å². The maximum Gasteiger partial charge on any atom is 0.223 e. The van der Waals surface area contributed by atoms with Crippen molar-refractivity contribution in [1.82, 2.24) is 4.90 Å². The molecule has 0 radical (unpaired) electrons. The van der Waals surface area contributed by atoms with Gasteiger partial charge in [0.25, 0.3) is 0 Å². The second-order valence-corrected chi connectivity index (χ2v) is 6.98. The second kappa shape index (κ2) is 6.35. The third kappa shape index (κ3) is 5.50. The summed E-state index contributed by atoms with van der Waals surface area (Å²) in [5, 5.41) is 8.82. The third-order valence-electron chi connectivity index (χ3n) is 3.19. The molecular weight excluding hydrogens is 242 g/mol. The number of piperidine rings is 1. The first kappa shape index (κ1) is 14.4. The quantitative estimate of drug-likeness (QED) is 0.760. The lowest BCUT2D eigenvalue weighted by molar-refractivity contribution is -0.132. The average Bonchev–Trinajstić information content (AvgIpc) is 2.26. The Morgan fingerprint density at radius 2 is 1.94 bits per heavy atom. The number of amides is 1. The molecule has 0 aromatic rings. The van der Waals surface area contributed by atoms with Crippen molar-refractivity contribution in [3.8, 4) is 0 Å². The maximum absolute atomic E-state index is 11.7. The molecule has 1 fully saturated rings. The Kier molecular flexibility index (Phi) is 5.39. The van der Waals surface area contributed by atoms with Crippen LogP contribution in [0.2, 0.25) is 0 Å². The molecule has 5 nitrogen and oxygen atoms in total. The second-order valence-electron chi connectivity index (χ2n) is 4.72. The number of carbonyl (C=O) groups is 1. The fourth-order valence-corrected chi connectivity index (χ4v) is 2.63. The first-order chi connectivity index (χ1) is 7.92. The number of sulfone groups is 1. The molecule has 0 saturated carbocycles. The van der Waals surface area contributed by atoms with E-state index in [-0.39, 0.29) is 24.7 Å². The van der Waals surface area contributed by atoms with E-state index in [4.69, 9.17) is 5.11 Å². The van der Waals surface area contributed by atoms with Gasteiger partial charge in [-0.15, -0.1) is 0 Å². The lowest BCUT2D eigenvalue weighted by Crippen LogP contribution is -2.39. The molecule has 0 unspecified atom stereocenters. The third-order valence-corrected chi connectivity index (χ3v) is 4.14. The van der Waals surface area contributed by atoms with Crippen LogP contribution in [-0.4, -0.2) is 56.0 Å². The molecular formula is C11H21NO4S. The van der Waals surface area contributed by atoms with Crippen molar-refractivity contribution in [1.29, 1.82) is 0 Å². The number of nitrogens with zero attached hydrogens (tertiary/aromatic N) is 1. The summed E-state index contributed by atoms with van der Waals surface area (Å²) in [7, 11) is -3.06. The summed E-state index contributed by atoms with van der Waals surface area (Å²) in [4.78, 5) is 13.5. The lowest BCUT2D eigenvalue weighted by atomic mass is 9.94. The van der Waals surface area contributed by atoms with Crippen LogP contribution in [0.25, 0.3) is 0 Å². The minimum Gasteiger partial charge on any atom is -0.396 e. The van der Waals surface area contributed by atoms with E-state index >= 15 is 0 Å². The van der Waals surface area contributed by atoms with E-state index in [9.17, 15) is 13.2 Å². The number of aliphatic hydroxyl groups excluding tert-OH is 1. The van der Waals surface area contributed by atoms with E-state index in [2.05, 4.69) is 0 Å². The molecule has 0 spiro atoms. The Morgan fingerprint density at radius 1 is 1.35 bits per heavy atom. The van der Waals surface area contributed by atoms with Crippen LogP contribution in [0.3, 0.4) is 0 Å². The van der Waals surface area contributed by atoms with Crippen LogP contribution in [0.4, 0.5) is 0 Å². The Balaban J connectivity index is 2.31. The molecule has 1 heterocycles. The van der Waals surface area contributed by atoms with Crippen molar-refractivity contribution in [2.24, 2.45) is 5.92 Å². The number of carbonyl (C=O) groups excluding carboxylic acids is 1. The van der Waals surface area contributed by atoms with Crippen LogP contribution >= 0.6 is 0 Å². The summed E-state index contributed by atoms with van der Waals surface area (Å²) in [5.41, 5.74) is 0. The topological polar surface area (TPSA) is 74.7 Å². The van der Waals surface area contributed by atoms with Crippen LogP contribution in [0.15, 0.2) is 0 Å². The van der Waals surface area contributed by atoms with Gasteiger partial charge in [0.1, 0.15) is 9.84 Å². The monoisotopic (exact) mass is 263 g/mol. The van der Waals surface area contributed by atoms with Crippen LogP contribution < -0.4 is 0 Å². The summed E-state index contributed by atoms with van der Waals surface area (Å²) in [6, 6.07) is 0. The molecule has 1 N–H and O–H groups in total. The average molecular weight is 263 g/mol. The number of hydrogen-bond acceptors (Lipinski definition) is 4. The molecule has 1 rings (SSSR count). The molecule has 6 heteroatoms. The standard InChI is InChI=1S/C11H21NO4S/c1-17(15,16)9-5-11(14)12-6-2-10(3-7-12)4-8-13/h10,13H,2-9H2,1H3. The highest BCUT2D eigenvalue weighted by molar-refractivity contribution is 7.90. The van der Waals surface area contributed by atoms with E-state index in [1.165, 1.54) is 0 Å². The van der Waals surface area contributed by atoms with Gasteiger partial charge in [-0.2, -0.15) is 0 Å². The highest BCUT2D eigenvalue weighted by Crippen LogP contribution is 2.20. The molecule has 0 atom stereocenters. The number of hydrogen-bond donors (Lipinski definition) is 1. The van der Waals surface area contributed by atoms with Gasteiger partial charge in [0.2, 0.25) is 5.91 Å². The molecule has 0 aromatic heterocycles. The van der Waals surface area contributed by atoms with E-state index in [1.54, 1.807) is 4.90 Å². The fourth-order valence-electron chi connectivity index (χ4n) is 2.08. The zero-order chi connectivity index (χ0) is 12.9. The summed E-state index contributed by atoms with van der Waals surface area (Å²) in [6.45, 7) is 1.58. The van der Waals surface area contributed by atoms with Crippen LogP contribution in [0.5, 0.6) is 0 Å². The Bertz CT molecular complexity index is 344. The van der Waals surface area contributed by atoms with Crippen molar-refractivity contribution in [3.05, 3.63) is 0 Å². The van der Waals surface area contributed by atoms with Crippen molar-refractivity contribution in [2.75, 3.05) is 31.7 Å². The van der Waals surface area contributed by atoms with E-state index < -0.39 is 9.84 Å². The first-order valence-corrected chi connectivity index (χ1v) is 8.05. The minimum absolute atomic E-state index is 0.0671. The fraction of sp³-hybridized carbons (Fsp3) is 0.909. The zero-order valence-corrected chi connectivity index (χ0v) is 11.1. The normalized spacial score (nSPS) is 18.4. The zero-order valence-electron chi connectivity index (χ0n) is 10.3. The van der Waals surface area contributed by atoms with Crippen LogP contribution in [0.1, 0.15) is 25.7 Å². The van der Waals surface area contributed by atoms with Crippen LogP contribution in [0, 0.1) is 5.92 Å². The first-order valence-electron chi connectivity index (χ1n) is 5.98. The molecule has 100 valence electrons. The van der Waals surface area contributed by atoms with Crippen molar-refractivity contribution < 1.29 is 18.3 Å². The van der Waals surface area contributed by atoms with Crippen molar-refractivity contribution in [2.45, 2.75) is 25.7 Å². The molecule has 1 saturated heterocycles. The Morgan fingerprint density at radius 3 is 2.41 bits per heavy atom. The van der Waals surface area contributed by atoms with Gasteiger partial charge in [-0.05, 0) is 25.2 Å². The molecule has 1 aliphatic rings. The van der Waals surface area contributed by atoms with Gasteiger partial charge in [0, 0.05) is 32.4 Å². The predicted octanol–water partition coefficient (Wildman–Crippen LogP) is 0.0421. The number of rotatable bonds is 5. The molecule has 0 bridgehead atoms. The van der Waals surface area contributed by atoms with Gasteiger partial charge in [-0.1, -0.05) is 0 Å². The maximum atomic E-state index is 11.7. The summed E-state index contributed by atoms with van der Waals surface area (Å²) in [5.74, 6) is 0.361. The van der Waals surface area contributed by atoms with Gasteiger partial charge in [-0.3, -0.25) is 4.79 Å². The summed E-state index contributed by atoms with van der Waals surface area (Å²) >= 11 is 0. The minimum atomic E-state index is -3.06. The summed E-state index contributed by atoms with van der Waals surface area (Å²) < 4.78 is 21.9. The van der Waals surface area contributed by atoms with Gasteiger partial charge in [0.05, 0.1) is 5.75 Å². The molecule has 1 amide bonds. The SMILES string of the molecule is CS(=O)(=O)CCC(=O)N1CCC(CCO)CC1. The Labute approximate surface area is 103 Å². The van der Waals surface area contributed by atoms with Gasteiger partial charge < -0.3 is 10.0 Å². The smallest absolute Gasteiger partial charge is 0.223 e. The van der Waals surface area contributed by atoms with E-state index in [0.717, 1.165) is 25.5 Å². The highest BCUT2D eigenvalue weighted by atomic mass is 32.2. The van der Waals surface area contributed by atoms with Crippen LogP contribution in [-0.2, 0) is 14.6 Å². The van der Waals surface area contributed by atoms with Crippen molar-refractivity contribution in [3.63, 3.8) is 0 Å². The van der Waals surface area contributed by atoms with Crippen molar-refractivity contribution >= 4 is 15.7 Å². The molecule has 0 aromatic carbocycles. The highest BCUT2D eigenvalue weighted by Gasteiger charge is 2.22. The Hall–Kier alpha value is -0.620. The van der Waals surface area contributed by atoms with Gasteiger partial charge >= 0.3 is 0 Å². The molecule has 1 aliphatic heterocycles. The van der Waals surface area contributed by atoms with Gasteiger partial charge in [0.15, 0.2) is 0 Å². The van der Waals surface area contributed by atoms with E-state index in [1.807, 2.05) is 0 Å². The largest absolute Gasteiger partial charge is 0.396 e. The predicted molar refractivity (Wildman–Crippen MR) is 65.3 cm³/mol. The van der Waals surface area contributed by atoms with E-state index in [0.29, 0.717) is 19.0 Å². The lowest BCUT2D eigenvalue weighted by Gasteiger charge is -2.31. The number of likely N-dealkylation sites (tertiary alicyclic amines) is 1.